The van der Waals surface area contributed by atoms with Gasteiger partial charge in [-0.05, 0) is 145 Å². The van der Waals surface area contributed by atoms with Gasteiger partial charge in [-0.25, -0.2) is 0 Å². The standard InChI is InChI=1S/C70H53NO2/c1-40-20-11-16-29-56(40)71(45-33-35-48-54(38-45)70(6,7)64-60(48)62-50-27-14-18-31-58(50)73-67(62)63-46-25-12-15-28-52(46)69(4,5)65(63)64)44-32-34-47-53(37-44)68(2,3)55-39-51(43-24-19-23-42(36-43)41-21-9-8-10-22-41)66-61(59(47)55)49-26-13-17-30-57(49)72-66/h8-39H,1-7H3. The van der Waals surface area contributed by atoms with Crippen LogP contribution in [0.25, 0.3) is 99.5 Å². The molecule has 3 aliphatic carbocycles. The molecule has 3 aliphatic rings. The van der Waals surface area contributed by atoms with E-state index in [-0.39, 0.29) is 16.2 Å². The molecule has 0 atom stereocenters. The number of fused-ring (bicyclic) bond motifs is 19. The molecule has 3 nitrogen and oxygen atoms in total. The summed E-state index contributed by atoms with van der Waals surface area (Å²) in [6.07, 6.45) is 0. The third-order valence-electron chi connectivity index (χ3n) is 17.3. The SMILES string of the molecule is Cc1ccccc1N(c1ccc2c(c1)C(C)(C)c1cc(-c3cccc(-c4ccccc4)c3)c3oc4ccccc4c3c1-2)c1ccc2c(c1)C(C)(C)c1c3c(c4oc5ccccc5c4c1-2)-c1ccccc1C3(C)C. The number of benzene rings is 10. The highest BCUT2D eigenvalue weighted by molar-refractivity contribution is 6.21. The first kappa shape index (κ1) is 42.3. The van der Waals surface area contributed by atoms with E-state index in [9.17, 15) is 0 Å². The minimum absolute atomic E-state index is 0.228. The van der Waals surface area contributed by atoms with Crippen LogP contribution in [0.5, 0.6) is 0 Å². The Morgan fingerprint density at radius 2 is 0.890 bits per heavy atom. The second kappa shape index (κ2) is 14.6. The summed E-state index contributed by atoms with van der Waals surface area (Å²) >= 11 is 0. The Hall–Kier alpha value is -8.40. The molecule has 2 aromatic heterocycles. The molecule has 15 rings (SSSR count). The molecular formula is C70H53NO2. The molecule has 0 N–H and O–H groups in total. The quantitative estimate of drug-likeness (QED) is 0.172. The van der Waals surface area contributed by atoms with Crippen LogP contribution in [0.2, 0.25) is 0 Å². The summed E-state index contributed by atoms with van der Waals surface area (Å²) in [7, 11) is 0. The number of hydrogen-bond acceptors (Lipinski definition) is 3. The van der Waals surface area contributed by atoms with E-state index in [4.69, 9.17) is 8.83 Å². The predicted molar refractivity (Wildman–Crippen MR) is 304 cm³/mol. The average molecular weight is 940 g/mol. The first-order chi connectivity index (χ1) is 35.4. The van der Waals surface area contributed by atoms with Gasteiger partial charge in [0.2, 0.25) is 0 Å². The predicted octanol–water partition coefficient (Wildman–Crippen LogP) is 19.5. The highest BCUT2D eigenvalue weighted by Crippen LogP contribution is 2.64. The van der Waals surface area contributed by atoms with Crippen LogP contribution in [0.3, 0.4) is 0 Å². The molecule has 0 unspecified atom stereocenters. The third-order valence-corrected chi connectivity index (χ3v) is 17.3. The molecule has 10 aromatic carbocycles. The van der Waals surface area contributed by atoms with Crippen molar-refractivity contribution < 1.29 is 8.83 Å². The largest absolute Gasteiger partial charge is 0.455 e. The first-order valence-corrected chi connectivity index (χ1v) is 25.8. The lowest BCUT2D eigenvalue weighted by molar-refractivity contribution is 0.600. The summed E-state index contributed by atoms with van der Waals surface area (Å²) in [5.41, 5.74) is 27.9. The van der Waals surface area contributed by atoms with E-state index in [0.29, 0.717) is 0 Å². The second-order valence-electron chi connectivity index (χ2n) is 22.4. The number of hydrogen-bond donors (Lipinski definition) is 0. The zero-order valence-electron chi connectivity index (χ0n) is 42.2. The van der Waals surface area contributed by atoms with E-state index in [1.165, 1.54) is 99.6 Å². The first-order valence-electron chi connectivity index (χ1n) is 25.8. The van der Waals surface area contributed by atoms with Gasteiger partial charge in [-0.15, -0.1) is 0 Å². The Kier molecular flexibility index (Phi) is 8.47. The number of nitrogens with zero attached hydrogens (tertiary/aromatic N) is 1. The minimum Gasteiger partial charge on any atom is -0.455 e. The van der Waals surface area contributed by atoms with Gasteiger partial charge < -0.3 is 13.7 Å². The Morgan fingerprint density at radius 3 is 1.62 bits per heavy atom. The van der Waals surface area contributed by atoms with Crippen LogP contribution in [0, 0.1) is 6.92 Å². The maximum atomic E-state index is 7.00. The fourth-order valence-corrected chi connectivity index (χ4v) is 13.8. The van der Waals surface area contributed by atoms with Crippen LogP contribution in [0.4, 0.5) is 17.1 Å². The second-order valence-corrected chi connectivity index (χ2v) is 22.4. The lowest BCUT2D eigenvalue weighted by Crippen LogP contribution is -2.24. The smallest absolute Gasteiger partial charge is 0.144 e. The topological polar surface area (TPSA) is 29.5 Å². The van der Waals surface area contributed by atoms with Gasteiger partial charge in [0.25, 0.3) is 0 Å². The Balaban J connectivity index is 0.930. The van der Waals surface area contributed by atoms with Crippen LogP contribution in [-0.4, -0.2) is 0 Å². The van der Waals surface area contributed by atoms with Crippen molar-refractivity contribution in [3.8, 4) is 55.6 Å². The molecule has 0 saturated heterocycles. The van der Waals surface area contributed by atoms with Crippen LogP contribution < -0.4 is 4.90 Å². The van der Waals surface area contributed by atoms with Gasteiger partial charge in [-0.2, -0.15) is 0 Å². The molecular weight excluding hydrogens is 887 g/mol. The summed E-state index contributed by atoms with van der Waals surface area (Å²) in [6, 6.07) is 71.5. The van der Waals surface area contributed by atoms with Crippen LogP contribution in [0.15, 0.2) is 203 Å². The molecule has 0 amide bonds. The highest BCUT2D eigenvalue weighted by Gasteiger charge is 2.49. The molecule has 0 spiro atoms. The van der Waals surface area contributed by atoms with Crippen LogP contribution >= 0.6 is 0 Å². The van der Waals surface area contributed by atoms with E-state index in [2.05, 4.69) is 247 Å². The molecule has 0 aliphatic heterocycles. The molecule has 0 fully saturated rings. The molecule has 350 valence electrons. The van der Waals surface area contributed by atoms with Gasteiger partial charge in [-0.1, -0.05) is 181 Å². The van der Waals surface area contributed by atoms with Crippen LogP contribution in [0.1, 0.15) is 80.5 Å². The Labute approximate surface area is 426 Å². The van der Waals surface area contributed by atoms with E-state index in [0.717, 1.165) is 55.9 Å². The molecule has 12 aromatic rings. The van der Waals surface area contributed by atoms with E-state index in [1.807, 2.05) is 0 Å². The van der Waals surface area contributed by atoms with Gasteiger partial charge in [0.1, 0.15) is 22.3 Å². The lowest BCUT2D eigenvalue weighted by Gasteiger charge is -2.32. The van der Waals surface area contributed by atoms with Crippen molar-refractivity contribution >= 4 is 60.9 Å². The number of para-hydroxylation sites is 3. The summed E-state index contributed by atoms with van der Waals surface area (Å²) in [6.45, 7) is 16.8. The van der Waals surface area contributed by atoms with E-state index in [1.54, 1.807) is 0 Å². The maximum Gasteiger partial charge on any atom is 0.144 e. The van der Waals surface area contributed by atoms with E-state index >= 15 is 0 Å². The van der Waals surface area contributed by atoms with Crippen molar-refractivity contribution in [1.29, 1.82) is 0 Å². The lowest BCUT2D eigenvalue weighted by atomic mass is 9.72. The van der Waals surface area contributed by atoms with Gasteiger partial charge in [0.05, 0.1) is 0 Å². The normalized spacial score (nSPS) is 15.1. The van der Waals surface area contributed by atoms with Crippen molar-refractivity contribution in [2.75, 3.05) is 4.90 Å². The van der Waals surface area contributed by atoms with E-state index < -0.39 is 0 Å². The summed E-state index contributed by atoms with van der Waals surface area (Å²) < 4.78 is 13.9. The molecule has 73 heavy (non-hydrogen) atoms. The summed E-state index contributed by atoms with van der Waals surface area (Å²) in [5, 5.41) is 4.72. The monoisotopic (exact) mass is 939 g/mol. The molecule has 2 heterocycles. The minimum atomic E-state index is -0.332. The van der Waals surface area contributed by atoms with Crippen molar-refractivity contribution in [2.45, 2.75) is 64.7 Å². The van der Waals surface area contributed by atoms with Crippen molar-refractivity contribution in [3.63, 3.8) is 0 Å². The molecule has 0 bridgehead atoms. The van der Waals surface area contributed by atoms with Crippen molar-refractivity contribution in [2.24, 2.45) is 0 Å². The van der Waals surface area contributed by atoms with Gasteiger partial charge in [0, 0.05) is 66.0 Å². The van der Waals surface area contributed by atoms with Gasteiger partial charge in [-0.3, -0.25) is 0 Å². The van der Waals surface area contributed by atoms with Gasteiger partial charge >= 0.3 is 0 Å². The van der Waals surface area contributed by atoms with Crippen LogP contribution in [-0.2, 0) is 16.2 Å². The fourth-order valence-electron chi connectivity index (χ4n) is 13.8. The van der Waals surface area contributed by atoms with Crippen molar-refractivity contribution in [3.05, 3.63) is 233 Å². The number of furan rings is 2. The number of anilines is 3. The zero-order chi connectivity index (χ0) is 49.3. The number of aryl methyl sites for hydroxylation is 1. The fraction of sp³-hybridized carbons (Fsp3) is 0.143. The number of rotatable bonds is 5. The summed E-state index contributed by atoms with van der Waals surface area (Å²) in [4.78, 5) is 2.50. The summed E-state index contributed by atoms with van der Waals surface area (Å²) in [5.74, 6) is 0. The van der Waals surface area contributed by atoms with Gasteiger partial charge in [0.15, 0.2) is 0 Å². The highest BCUT2D eigenvalue weighted by atomic mass is 16.3. The maximum absolute atomic E-state index is 7.00. The Morgan fingerprint density at radius 1 is 0.356 bits per heavy atom. The molecule has 0 saturated carbocycles. The Bertz CT molecular complexity index is 4370. The molecule has 0 radical (unpaired) electrons. The third kappa shape index (κ3) is 5.60. The molecule has 3 heteroatoms. The average Bonchev–Trinajstić information content (AvgIpc) is 4.16. The van der Waals surface area contributed by atoms with Crippen molar-refractivity contribution in [1.82, 2.24) is 0 Å². The zero-order valence-corrected chi connectivity index (χ0v) is 42.2.